The Balaban J connectivity index is 2.86. The topological polar surface area (TPSA) is 74.6 Å². The number of aliphatic carboxylic acids is 2. The second-order valence-corrected chi connectivity index (χ2v) is 5.85. The Labute approximate surface area is 108 Å². The third-order valence-electron chi connectivity index (χ3n) is 3.96. The fourth-order valence-electron chi connectivity index (χ4n) is 3.18. The highest BCUT2D eigenvalue weighted by Gasteiger charge is 2.39. The molecule has 0 aromatic heterocycles. The van der Waals surface area contributed by atoms with E-state index in [-0.39, 0.29) is 11.8 Å². The molecule has 0 heterocycles. The van der Waals surface area contributed by atoms with Gasteiger partial charge in [0.1, 0.15) is 0 Å². The van der Waals surface area contributed by atoms with E-state index in [1.165, 1.54) is 6.42 Å². The third-order valence-corrected chi connectivity index (χ3v) is 3.96. The molecule has 1 saturated carbocycles. The van der Waals surface area contributed by atoms with Crippen molar-refractivity contribution in [1.29, 1.82) is 0 Å². The zero-order valence-corrected chi connectivity index (χ0v) is 11.3. The van der Waals surface area contributed by atoms with E-state index < -0.39 is 17.9 Å². The van der Waals surface area contributed by atoms with Gasteiger partial charge in [-0.3, -0.25) is 9.59 Å². The maximum atomic E-state index is 11.2. The predicted octanol–water partition coefficient (Wildman–Crippen LogP) is 3.01. The molecule has 0 aromatic rings. The van der Waals surface area contributed by atoms with E-state index in [4.69, 9.17) is 0 Å². The minimum absolute atomic E-state index is 0.222. The second kappa shape index (κ2) is 6.76. The molecule has 2 N–H and O–H groups in total. The summed E-state index contributed by atoms with van der Waals surface area (Å²) < 4.78 is 0. The molecule has 0 saturated heterocycles. The summed E-state index contributed by atoms with van der Waals surface area (Å²) >= 11 is 0. The number of carboxylic acid groups (broad SMARTS) is 2. The largest absolute Gasteiger partial charge is 0.481 e. The number of carboxylic acids is 2. The number of hydrogen-bond acceptors (Lipinski definition) is 2. The molecule has 1 fully saturated rings. The van der Waals surface area contributed by atoms with Gasteiger partial charge in [-0.15, -0.1) is 0 Å². The van der Waals surface area contributed by atoms with E-state index >= 15 is 0 Å². The van der Waals surface area contributed by atoms with Gasteiger partial charge < -0.3 is 10.2 Å². The van der Waals surface area contributed by atoms with Gasteiger partial charge in [-0.05, 0) is 24.2 Å². The van der Waals surface area contributed by atoms with E-state index in [9.17, 15) is 19.8 Å². The summed E-state index contributed by atoms with van der Waals surface area (Å²) in [6.07, 6.45) is 6.04. The lowest BCUT2D eigenvalue weighted by Gasteiger charge is -2.33. The molecule has 0 aromatic carbocycles. The first-order chi connectivity index (χ1) is 8.43. The van der Waals surface area contributed by atoms with Crippen LogP contribution in [0.1, 0.15) is 52.4 Å². The Morgan fingerprint density at radius 2 is 1.56 bits per heavy atom. The average molecular weight is 256 g/mol. The maximum Gasteiger partial charge on any atom is 0.318 e. The van der Waals surface area contributed by atoms with Crippen LogP contribution in [0.25, 0.3) is 0 Å². The van der Waals surface area contributed by atoms with E-state index in [0.29, 0.717) is 12.3 Å². The molecule has 104 valence electrons. The zero-order valence-electron chi connectivity index (χ0n) is 11.3. The van der Waals surface area contributed by atoms with Crippen molar-refractivity contribution in [2.45, 2.75) is 52.4 Å². The first kappa shape index (κ1) is 15.0. The molecule has 4 heteroatoms. The molecule has 1 unspecified atom stereocenters. The Morgan fingerprint density at radius 3 is 1.94 bits per heavy atom. The van der Waals surface area contributed by atoms with Crippen LogP contribution < -0.4 is 0 Å². The highest BCUT2D eigenvalue weighted by molar-refractivity contribution is 5.93. The summed E-state index contributed by atoms with van der Waals surface area (Å²) in [6, 6.07) is 0. The minimum atomic E-state index is -1.24. The molecular weight excluding hydrogens is 232 g/mol. The van der Waals surface area contributed by atoms with Crippen molar-refractivity contribution in [3.63, 3.8) is 0 Å². The van der Waals surface area contributed by atoms with Gasteiger partial charge in [0.15, 0.2) is 5.92 Å². The van der Waals surface area contributed by atoms with E-state index in [1.54, 1.807) is 0 Å². The van der Waals surface area contributed by atoms with E-state index in [2.05, 4.69) is 0 Å². The summed E-state index contributed by atoms with van der Waals surface area (Å²) in [5.74, 6) is -3.23. The van der Waals surface area contributed by atoms with Crippen LogP contribution in [0.15, 0.2) is 0 Å². The lowest BCUT2D eigenvalue weighted by atomic mass is 9.71. The molecule has 1 atom stereocenters. The standard InChI is InChI=1S/C14H24O4/c1-9(2)8-11(10-6-4-3-5-7-10)12(13(15)16)14(17)18/h9-12H,3-8H2,1-2H3,(H,15,16)(H,17,18). The number of carbonyl (C=O) groups is 2. The predicted molar refractivity (Wildman–Crippen MR) is 68.3 cm³/mol. The zero-order chi connectivity index (χ0) is 13.7. The van der Waals surface area contributed by atoms with Crippen LogP contribution in [0, 0.1) is 23.7 Å². The fourth-order valence-corrected chi connectivity index (χ4v) is 3.18. The van der Waals surface area contributed by atoms with Crippen LogP contribution in [-0.2, 0) is 9.59 Å². The summed E-state index contributed by atoms with van der Waals surface area (Å²) in [6.45, 7) is 4.05. The second-order valence-electron chi connectivity index (χ2n) is 5.85. The normalized spacial score (nSPS) is 19.1. The average Bonchev–Trinajstić information content (AvgIpc) is 2.27. The highest BCUT2D eigenvalue weighted by Crippen LogP contribution is 2.38. The summed E-state index contributed by atoms with van der Waals surface area (Å²) in [5.41, 5.74) is 0. The Hall–Kier alpha value is -1.06. The van der Waals surface area contributed by atoms with Crippen molar-refractivity contribution in [2.75, 3.05) is 0 Å². The first-order valence-electron chi connectivity index (χ1n) is 6.89. The fraction of sp³-hybridized carbons (Fsp3) is 0.857. The lowest BCUT2D eigenvalue weighted by molar-refractivity contribution is -0.159. The van der Waals surface area contributed by atoms with Crippen LogP contribution in [0.2, 0.25) is 0 Å². The van der Waals surface area contributed by atoms with Crippen molar-refractivity contribution in [1.82, 2.24) is 0 Å². The highest BCUT2D eigenvalue weighted by atomic mass is 16.4. The molecule has 0 bridgehead atoms. The van der Waals surface area contributed by atoms with E-state index in [1.807, 2.05) is 13.8 Å². The van der Waals surface area contributed by atoms with Gasteiger partial charge in [0.2, 0.25) is 0 Å². The molecular formula is C14H24O4. The molecule has 1 rings (SSSR count). The summed E-state index contributed by atoms with van der Waals surface area (Å²) in [4.78, 5) is 22.5. The van der Waals surface area contributed by atoms with Gasteiger partial charge in [0.05, 0.1) is 0 Å². The van der Waals surface area contributed by atoms with Crippen molar-refractivity contribution < 1.29 is 19.8 Å². The molecule has 1 aliphatic carbocycles. The van der Waals surface area contributed by atoms with Gasteiger partial charge >= 0.3 is 11.9 Å². The van der Waals surface area contributed by atoms with Crippen molar-refractivity contribution in [2.24, 2.45) is 23.7 Å². The van der Waals surface area contributed by atoms with Gasteiger partial charge in [0, 0.05) is 0 Å². The van der Waals surface area contributed by atoms with E-state index in [0.717, 1.165) is 25.7 Å². The van der Waals surface area contributed by atoms with Crippen LogP contribution >= 0.6 is 0 Å². The van der Waals surface area contributed by atoms with Crippen molar-refractivity contribution >= 4 is 11.9 Å². The minimum Gasteiger partial charge on any atom is -0.481 e. The van der Waals surface area contributed by atoms with Crippen molar-refractivity contribution in [3.05, 3.63) is 0 Å². The molecule has 1 aliphatic rings. The Morgan fingerprint density at radius 1 is 1.06 bits per heavy atom. The quantitative estimate of drug-likeness (QED) is 0.716. The lowest BCUT2D eigenvalue weighted by Crippen LogP contribution is -2.37. The molecule has 0 amide bonds. The molecule has 0 radical (unpaired) electrons. The Bertz CT molecular complexity index is 278. The monoisotopic (exact) mass is 256 g/mol. The van der Waals surface area contributed by atoms with Crippen LogP contribution in [0.4, 0.5) is 0 Å². The maximum absolute atomic E-state index is 11.2. The summed E-state index contributed by atoms with van der Waals surface area (Å²) in [5, 5.41) is 18.4. The molecule has 4 nitrogen and oxygen atoms in total. The van der Waals surface area contributed by atoms with Crippen LogP contribution in [0.3, 0.4) is 0 Å². The third kappa shape index (κ3) is 4.00. The van der Waals surface area contributed by atoms with Crippen LogP contribution in [-0.4, -0.2) is 22.2 Å². The van der Waals surface area contributed by atoms with Crippen LogP contribution in [0.5, 0.6) is 0 Å². The van der Waals surface area contributed by atoms with Gasteiger partial charge in [-0.2, -0.15) is 0 Å². The Kier molecular flexibility index (Phi) is 5.63. The number of hydrogen-bond donors (Lipinski definition) is 2. The van der Waals surface area contributed by atoms with Gasteiger partial charge in [-0.25, -0.2) is 0 Å². The van der Waals surface area contributed by atoms with Crippen molar-refractivity contribution in [3.8, 4) is 0 Å². The molecule has 0 spiro atoms. The van der Waals surface area contributed by atoms with Gasteiger partial charge in [0.25, 0.3) is 0 Å². The number of rotatable bonds is 6. The first-order valence-corrected chi connectivity index (χ1v) is 6.89. The molecule has 18 heavy (non-hydrogen) atoms. The molecule has 0 aliphatic heterocycles. The smallest absolute Gasteiger partial charge is 0.318 e. The SMILES string of the molecule is CC(C)CC(C1CCCCC1)C(C(=O)O)C(=O)O. The van der Waals surface area contributed by atoms with Gasteiger partial charge in [-0.1, -0.05) is 46.0 Å². The summed E-state index contributed by atoms with van der Waals surface area (Å²) in [7, 11) is 0.